The van der Waals surface area contributed by atoms with Gasteiger partial charge < -0.3 is 4.90 Å². The van der Waals surface area contributed by atoms with Gasteiger partial charge in [-0.3, -0.25) is 9.79 Å². The Morgan fingerprint density at radius 3 is 3.14 bits per heavy atom. The Labute approximate surface area is 126 Å². The predicted molar refractivity (Wildman–Crippen MR) is 83.6 cm³/mol. The average molecular weight is 282 g/mol. The zero-order valence-electron chi connectivity index (χ0n) is 12.6. The monoisotopic (exact) mass is 282 g/mol. The average Bonchev–Trinajstić information content (AvgIpc) is 2.54. The molecule has 0 radical (unpaired) electrons. The van der Waals surface area contributed by atoms with Crippen LogP contribution in [0.1, 0.15) is 48.9 Å². The molecular formula is C18H22N2O. The number of rotatable bonds is 1. The van der Waals surface area contributed by atoms with Gasteiger partial charge in [-0.25, -0.2) is 0 Å². The fourth-order valence-corrected chi connectivity index (χ4v) is 4.14. The van der Waals surface area contributed by atoms with Crippen molar-refractivity contribution in [3.05, 3.63) is 34.9 Å². The van der Waals surface area contributed by atoms with Gasteiger partial charge in [0, 0.05) is 25.2 Å². The summed E-state index contributed by atoms with van der Waals surface area (Å²) in [5.41, 5.74) is 5.37. The highest BCUT2D eigenvalue weighted by molar-refractivity contribution is 6.07. The van der Waals surface area contributed by atoms with Gasteiger partial charge in [-0.2, -0.15) is 0 Å². The maximum atomic E-state index is 12.8. The largest absolute Gasteiger partial charge is 0.334 e. The number of fused-ring (bicyclic) bond motifs is 4. The molecule has 21 heavy (non-hydrogen) atoms. The topological polar surface area (TPSA) is 32.7 Å². The molecule has 4 rings (SSSR count). The molecule has 1 aromatic carbocycles. The second kappa shape index (κ2) is 4.97. The van der Waals surface area contributed by atoms with Gasteiger partial charge >= 0.3 is 0 Å². The summed E-state index contributed by atoms with van der Waals surface area (Å²) in [6.45, 7) is 3.99. The summed E-state index contributed by atoms with van der Waals surface area (Å²) >= 11 is 0. The van der Waals surface area contributed by atoms with E-state index >= 15 is 0 Å². The number of hydrogen-bond acceptors (Lipinski definition) is 2. The van der Waals surface area contributed by atoms with Gasteiger partial charge in [0.1, 0.15) is 0 Å². The molecule has 3 heterocycles. The highest BCUT2D eigenvalue weighted by Gasteiger charge is 2.42. The number of hydrogen-bond donors (Lipinski definition) is 0. The highest BCUT2D eigenvalue weighted by Crippen LogP contribution is 2.40. The molecule has 1 amide bonds. The zero-order valence-corrected chi connectivity index (χ0v) is 12.6. The lowest BCUT2D eigenvalue weighted by atomic mass is 9.79. The Morgan fingerprint density at radius 2 is 2.29 bits per heavy atom. The van der Waals surface area contributed by atoms with Crippen LogP contribution < -0.4 is 0 Å². The number of amides is 1. The van der Waals surface area contributed by atoms with E-state index in [0.29, 0.717) is 5.91 Å². The second-order valence-corrected chi connectivity index (χ2v) is 6.46. The Balaban J connectivity index is 1.73. The predicted octanol–water partition coefficient (Wildman–Crippen LogP) is 2.93. The van der Waals surface area contributed by atoms with Crippen LogP contribution in [0.5, 0.6) is 0 Å². The summed E-state index contributed by atoms with van der Waals surface area (Å²) in [4.78, 5) is 19.6. The third-order valence-corrected chi connectivity index (χ3v) is 5.32. The van der Waals surface area contributed by atoms with Crippen molar-refractivity contribution in [2.45, 2.75) is 45.1 Å². The number of nitrogens with zero attached hydrogens (tertiary/aromatic N) is 2. The minimum absolute atomic E-state index is 0.0893. The van der Waals surface area contributed by atoms with Crippen molar-refractivity contribution >= 4 is 11.6 Å². The van der Waals surface area contributed by atoms with E-state index in [4.69, 9.17) is 0 Å². The second-order valence-electron chi connectivity index (χ2n) is 6.46. The third kappa shape index (κ3) is 2.02. The van der Waals surface area contributed by atoms with Crippen LogP contribution in [0, 0.1) is 5.92 Å². The Hall–Kier alpha value is -1.64. The molecular weight excluding hydrogens is 260 g/mol. The minimum Gasteiger partial charge on any atom is -0.334 e. The summed E-state index contributed by atoms with van der Waals surface area (Å²) in [7, 11) is 0. The molecule has 0 bridgehead atoms. The van der Waals surface area contributed by atoms with E-state index in [2.05, 4.69) is 35.0 Å². The summed E-state index contributed by atoms with van der Waals surface area (Å²) < 4.78 is 0. The first-order valence-electron chi connectivity index (χ1n) is 8.23. The first kappa shape index (κ1) is 13.1. The lowest BCUT2D eigenvalue weighted by molar-refractivity contribution is -0.138. The quantitative estimate of drug-likeness (QED) is 0.779. The summed E-state index contributed by atoms with van der Waals surface area (Å²) in [5.74, 6) is 0.418. The molecule has 0 saturated carbocycles. The van der Waals surface area contributed by atoms with Crippen molar-refractivity contribution in [3.8, 4) is 0 Å². The van der Waals surface area contributed by atoms with Gasteiger partial charge in [0.2, 0.25) is 5.91 Å². The fourth-order valence-electron chi connectivity index (χ4n) is 4.14. The number of aryl methyl sites for hydroxylation is 1. The maximum Gasteiger partial charge on any atom is 0.231 e. The highest BCUT2D eigenvalue weighted by atomic mass is 16.2. The van der Waals surface area contributed by atoms with Crippen LogP contribution >= 0.6 is 0 Å². The van der Waals surface area contributed by atoms with Crippen molar-refractivity contribution in [2.75, 3.05) is 13.1 Å². The van der Waals surface area contributed by atoms with Crippen LogP contribution in [0.2, 0.25) is 0 Å². The van der Waals surface area contributed by atoms with Crippen LogP contribution in [-0.4, -0.2) is 29.6 Å². The summed E-state index contributed by atoms with van der Waals surface area (Å²) in [6, 6.07) is 7.05. The lowest BCUT2D eigenvalue weighted by Crippen LogP contribution is -2.51. The van der Waals surface area contributed by atoms with Crippen LogP contribution in [0.15, 0.2) is 23.2 Å². The number of piperidine rings is 1. The summed E-state index contributed by atoms with van der Waals surface area (Å²) in [6.07, 6.45) is 5.10. The van der Waals surface area contributed by atoms with Gasteiger partial charge in [-0.1, -0.05) is 25.1 Å². The molecule has 1 saturated heterocycles. The molecule has 3 aliphatic rings. The van der Waals surface area contributed by atoms with Crippen molar-refractivity contribution in [2.24, 2.45) is 10.9 Å². The third-order valence-electron chi connectivity index (χ3n) is 5.32. The van der Waals surface area contributed by atoms with Gasteiger partial charge in [-0.15, -0.1) is 0 Å². The molecule has 3 aliphatic heterocycles. The van der Waals surface area contributed by atoms with Crippen molar-refractivity contribution in [1.29, 1.82) is 0 Å². The number of aliphatic imine (C=N–C) groups is 1. The van der Waals surface area contributed by atoms with Crippen molar-refractivity contribution in [1.82, 2.24) is 4.90 Å². The molecule has 3 nitrogen and oxygen atoms in total. The first-order chi connectivity index (χ1) is 10.3. The minimum atomic E-state index is 0.0893. The Morgan fingerprint density at radius 1 is 1.38 bits per heavy atom. The van der Waals surface area contributed by atoms with E-state index in [1.54, 1.807) is 0 Å². The maximum absolute atomic E-state index is 12.8. The van der Waals surface area contributed by atoms with Crippen molar-refractivity contribution < 1.29 is 4.79 Å². The molecule has 0 spiro atoms. The molecule has 2 unspecified atom stereocenters. The van der Waals surface area contributed by atoms with Gasteiger partial charge in [0.05, 0.1) is 12.0 Å². The normalized spacial score (nSPS) is 27.6. The molecule has 2 atom stereocenters. The summed E-state index contributed by atoms with van der Waals surface area (Å²) in [5, 5.41) is 0. The zero-order chi connectivity index (χ0) is 14.4. The molecule has 110 valence electrons. The number of carbonyl (C=O) groups excluding carboxylic acids is 1. The van der Waals surface area contributed by atoms with E-state index in [1.807, 2.05) is 0 Å². The number of carbonyl (C=O) groups is 1. The lowest BCUT2D eigenvalue weighted by Gasteiger charge is -2.44. The molecule has 0 aliphatic carbocycles. The number of benzene rings is 1. The Bertz CT molecular complexity index is 620. The molecule has 0 aromatic heterocycles. The van der Waals surface area contributed by atoms with Gasteiger partial charge in [-0.05, 0) is 42.4 Å². The van der Waals surface area contributed by atoms with Crippen molar-refractivity contribution in [3.63, 3.8) is 0 Å². The van der Waals surface area contributed by atoms with Crippen LogP contribution in [0.25, 0.3) is 0 Å². The smallest absolute Gasteiger partial charge is 0.231 e. The van der Waals surface area contributed by atoms with E-state index in [9.17, 15) is 4.79 Å². The standard InChI is InChI=1S/C18H22N2O/c1-2-12-5-6-14-13(10-12)7-9-20-17(14)11-16-15(18(20)21)4-3-8-19-16/h5-6,10,15,17H,2-4,7-9,11H2,1H3. The van der Waals surface area contributed by atoms with Crippen LogP contribution in [0.3, 0.4) is 0 Å². The molecule has 1 aromatic rings. The molecule has 3 heteroatoms. The fraction of sp³-hybridized carbons (Fsp3) is 0.556. The molecule has 1 fully saturated rings. The van der Waals surface area contributed by atoms with E-state index in [1.165, 1.54) is 22.4 Å². The van der Waals surface area contributed by atoms with Crippen LogP contribution in [-0.2, 0) is 17.6 Å². The van der Waals surface area contributed by atoms with E-state index in [0.717, 1.165) is 45.2 Å². The Kier molecular flexibility index (Phi) is 3.09. The SMILES string of the molecule is CCc1ccc2c(c1)CCN1C(=O)C3CCCN=C3CC21. The first-order valence-corrected chi connectivity index (χ1v) is 8.23. The van der Waals surface area contributed by atoms with Gasteiger partial charge in [0.25, 0.3) is 0 Å². The van der Waals surface area contributed by atoms with Gasteiger partial charge in [0.15, 0.2) is 0 Å². The molecule has 0 N–H and O–H groups in total. The van der Waals surface area contributed by atoms with E-state index < -0.39 is 0 Å². The van der Waals surface area contributed by atoms with Crippen LogP contribution in [0.4, 0.5) is 0 Å². The van der Waals surface area contributed by atoms with E-state index in [-0.39, 0.29) is 12.0 Å².